The van der Waals surface area contributed by atoms with Crippen LogP contribution in [0.3, 0.4) is 0 Å². The minimum Gasteiger partial charge on any atom is -0.338 e. The third kappa shape index (κ3) is 3.75. The van der Waals surface area contributed by atoms with E-state index in [0.29, 0.717) is 24.3 Å². The van der Waals surface area contributed by atoms with Gasteiger partial charge in [-0.15, -0.1) is 0 Å². The Morgan fingerprint density at radius 2 is 1.81 bits per heavy atom. The van der Waals surface area contributed by atoms with E-state index in [4.69, 9.17) is 0 Å². The molecule has 0 radical (unpaired) electrons. The van der Waals surface area contributed by atoms with Gasteiger partial charge in [-0.25, -0.2) is 0 Å². The highest BCUT2D eigenvalue weighted by molar-refractivity contribution is 5.93. The summed E-state index contributed by atoms with van der Waals surface area (Å²) in [7, 11) is 0. The summed E-state index contributed by atoms with van der Waals surface area (Å²) in [6.07, 6.45) is 1.09. The zero-order valence-corrected chi connectivity index (χ0v) is 14.8. The summed E-state index contributed by atoms with van der Waals surface area (Å²) in [5, 5.41) is 9.26. The van der Waals surface area contributed by atoms with Crippen molar-refractivity contribution in [1.29, 1.82) is 5.26 Å². The monoisotopic (exact) mass is 347 g/mol. The lowest BCUT2D eigenvalue weighted by Gasteiger charge is -2.30. The Hall–Kier alpha value is -3.13. The van der Waals surface area contributed by atoms with Crippen molar-refractivity contribution in [2.24, 2.45) is 0 Å². The number of hydrogen-bond acceptors (Lipinski definition) is 3. The van der Waals surface area contributed by atoms with Crippen LogP contribution >= 0.6 is 0 Å². The second kappa shape index (κ2) is 7.83. The lowest BCUT2D eigenvalue weighted by atomic mass is 10.00. The molecule has 0 aromatic heterocycles. The smallest absolute Gasteiger partial charge is 0.224 e. The van der Waals surface area contributed by atoms with Crippen LogP contribution in [0.4, 0.5) is 5.69 Å². The highest BCUT2D eigenvalue weighted by Crippen LogP contribution is 2.22. The predicted molar refractivity (Wildman–Crippen MR) is 99.4 cm³/mol. The third-order valence-electron chi connectivity index (χ3n) is 4.73. The van der Waals surface area contributed by atoms with Gasteiger partial charge in [0.15, 0.2) is 0 Å². The van der Waals surface area contributed by atoms with Gasteiger partial charge in [-0.3, -0.25) is 9.59 Å². The molecule has 0 saturated carbocycles. The number of rotatable bonds is 4. The van der Waals surface area contributed by atoms with Crippen molar-refractivity contribution in [3.05, 3.63) is 65.2 Å². The number of fused-ring (bicyclic) bond motifs is 1. The van der Waals surface area contributed by atoms with E-state index in [1.54, 1.807) is 24.3 Å². The molecule has 2 amide bonds. The number of benzene rings is 2. The van der Waals surface area contributed by atoms with E-state index in [1.807, 2.05) is 17.0 Å². The zero-order valence-electron chi connectivity index (χ0n) is 14.8. The van der Waals surface area contributed by atoms with Gasteiger partial charge in [0, 0.05) is 33.0 Å². The maximum atomic E-state index is 12.6. The van der Waals surface area contributed by atoms with Crippen LogP contribution in [0, 0.1) is 11.3 Å². The first-order valence-electron chi connectivity index (χ1n) is 8.72. The van der Waals surface area contributed by atoms with Gasteiger partial charge < -0.3 is 9.80 Å². The Morgan fingerprint density at radius 3 is 2.54 bits per heavy atom. The first kappa shape index (κ1) is 17.7. The zero-order chi connectivity index (χ0) is 18.5. The highest BCUT2D eigenvalue weighted by Gasteiger charge is 2.22. The first-order valence-corrected chi connectivity index (χ1v) is 8.72. The largest absolute Gasteiger partial charge is 0.338 e. The van der Waals surface area contributed by atoms with Crippen LogP contribution in [0.1, 0.15) is 30.0 Å². The number of anilines is 1. The molecule has 0 N–H and O–H groups in total. The molecule has 2 aromatic rings. The van der Waals surface area contributed by atoms with Crippen molar-refractivity contribution in [2.75, 3.05) is 18.0 Å². The lowest BCUT2D eigenvalue weighted by molar-refractivity contribution is -0.131. The Labute approximate surface area is 153 Å². The van der Waals surface area contributed by atoms with Crippen LogP contribution in [0.15, 0.2) is 48.5 Å². The van der Waals surface area contributed by atoms with Gasteiger partial charge in [-0.1, -0.05) is 36.4 Å². The normalized spacial score (nSPS) is 12.8. The molecular formula is C21H21N3O2. The molecule has 0 atom stereocenters. The fourth-order valence-electron chi connectivity index (χ4n) is 3.33. The van der Waals surface area contributed by atoms with Crippen LogP contribution < -0.4 is 4.90 Å². The number of nitrogens with zero attached hydrogens (tertiary/aromatic N) is 3. The maximum Gasteiger partial charge on any atom is 0.224 e. The minimum absolute atomic E-state index is 0.0280. The van der Waals surface area contributed by atoms with Crippen molar-refractivity contribution in [3.63, 3.8) is 0 Å². The summed E-state index contributed by atoms with van der Waals surface area (Å²) in [5.74, 6) is -0.148. The van der Waals surface area contributed by atoms with Crippen LogP contribution in [0.2, 0.25) is 0 Å². The average Bonchev–Trinajstić information content (AvgIpc) is 2.67. The number of carbonyl (C=O) groups is 2. The molecule has 0 bridgehead atoms. The Kier molecular flexibility index (Phi) is 5.33. The summed E-state index contributed by atoms with van der Waals surface area (Å²) in [4.78, 5) is 28.1. The summed E-state index contributed by atoms with van der Waals surface area (Å²) in [6.45, 7) is 3.04. The summed E-state index contributed by atoms with van der Waals surface area (Å²) in [6, 6.07) is 17.2. The van der Waals surface area contributed by atoms with E-state index in [9.17, 15) is 14.9 Å². The molecule has 0 fully saturated rings. The second-order valence-corrected chi connectivity index (χ2v) is 6.38. The third-order valence-corrected chi connectivity index (χ3v) is 4.73. The number of para-hydroxylation sites is 1. The summed E-state index contributed by atoms with van der Waals surface area (Å²) in [5.41, 5.74) is 3.47. The van der Waals surface area contributed by atoms with E-state index in [0.717, 1.165) is 6.42 Å². The fraction of sp³-hybridized carbons (Fsp3) is 0.286. The van der Waals surface area contributed by atoms with Crippen LogP contribution in [-0.4, -0.2) is 29.8 Å². The summed E-state index contributed by atoms with van der Waals surface area (Å²) >= 11 is 0. The van der Waals surface area contributed by atoms with Gasteiger partial charge in [-0.05, 0) is 29.7 Å². The quantitative estimate of drug-likeness (QED) is 0.854. The van der Waals surface area contributed by atoms with E-state index in [1.165, 1.54) is 23.0 Å². The molecule has 0 spiro atoms. The number of carbonyl (C=O) groups excluding carboxylic acids is 2. The molecule has 2 aromatic carbocycles. The van der Waals surface area contributed by atoms with Crippen molar-refractivity contribution >= 4 is 17.5 Å². The Balaban J connectivity index is 1.68. The van der Waals surface area contributed by atoms with E-state index in [2.05, 4.69) is 18.2 Å². The van der Waals surface area contributed by atoms with Crippen molar-refractivity contribution in [2.45, 2.75) is 26.3 Å². The molecule has 5 heteroatoms. The van der Waals surface area contributed by atoms with Gasteiger partial charge >= 0.3 is 0 Å². The van der Waals surface area contributed by atoms with Crippen LogP contribution in [-0.2, 0) is 22.6 Å². The topological polar surface area (TPSA) is 64.4 Å². The van der Waals surface area contributed by atoms with Gasteiger partial charge in [-0.2, -0.15) is 5.26 Å². The molecule has 0 saturated heterocycles. The fourth-order valence-corrected chi connectivity index (χ4v) is 3.33. The van der Waals surface area contributed by atoms with Crippen molar-refractivity contribution < 1.29 is 9.59 Å². The van der Waals surface area contributed by atoms with Gasteiger partial charge in [0.25, 0.3) is 0 Å². The molecule has 132 valence electrons. The van der Waals surface area contributed by atoms with Crippen molar-refractivity contribution in [3.8, 4) is 6.07 Å². The molecule has 5 nitrogen and oxygen atoms in total. The first-order chi connectivity index (χ1) is 12.6. The highest BCUT2D eigenvalue weighted by atomic mass is 16.2. The molecule has 1 heterocycles. The second-order valence-electron chi connectivity index (χ2n) is 6.38. The Bertz CT molecular complexity index is 870. The van der Waals surface area contributed by atoms with E-state index < -0.39 is 0 Å². The standard InChI is InChI=1S/C21H21N3O2/c1-16(25)24(20-9-5-4-7-18(20)14-22)13-11-21(26)23-12-10-17-6-2-3-8-19(17)15-23/h2-9H,10-13,15H2,1H3. The Morgan fingerprint density at radius 1 is 1.12 bits per heavy atom. The molecule has 1 aliphatic rings. The van der Waals surface area contributed by atoms with Crippen LogP contribution in [0.25, 0.3) is 0 Å². The lowest BCUT2D eigenvalue weighted by Crippen LogP contribution is -2.39. The van der Waals surface area contributed by atoms with Gasteiger partial charge in [0.2, 0.25) is 11.8 Å². The molecule has 26 heavy (non-hydrogen) atoms. The molecule has 1 aliphatic heterocycles. The molecule has 3 rings (SSSR count). The van der Waals surface area contributed by atoms with Crippen molar-refractivity contribution in [1.82, 2.24) is 4.90 Å². The van der Waals surface area contributed by atoms with E-state index in [-0.39, 0.29) is 24.8 Å². The SMILES string of the molecule is CC(=O)N(CCC(=O)N1CCc2ccccc2C1)c1ccccc1C#N. The molecule has 0 unspecified atom stereocenters. The van der Waals surface area contributed by atoms with E-state index >= 15 is 0 Å². The maximum absolute atomic E-state index is 12.6. The summed E-state index contributed by atoms with van der Waals surface area (Å²) < 4.78 is 0. The van der Waals surface area contributed by atoms with Gasteiger partial charge in [0.05, 0.1) is 11.3 Å². The number of amides is 2. The van der Waals surface area contributed by atoms with Gasteiger partial charge in [0.1, 0.15) is 6.07 Å². The predicted octanol–water partition coefficient (Wildman–Crippen LogP) is 2.89. The molecular weight excluding hydrogens is 326 g/mol. The number of nitriles is 1. The minimum atomic E-state index is -0.176. The number of hydrogen-bond donors (Lipinski definition) is 0. The molecule has 0 aliphatic carbocycles. The average molecular weight is 347 g/mol. The van der Waals surface area contributed by atoms with Crippen LogP contribution in [0.5, 0.6) is 0 Å².